The van der Waals surface area contributed by atoms with Gasteiger partial charge in [-0.25, -0.2) is 4.39 Å². The maximum Gasteiger partial charge on any atom is 0.240 e. The molecule has 25 heavy (non-hydrogen) atoms. The van der Waals surface area contributed by atoms with Crippen molar-refractivity contribution >= 4 is 29.1 Å². The molecule has 0 aromatic heterocycles. The van der Waals surface area contributed by atoms with E-state index in [-0.39, 0.29) is 24.2 Å². The van der Waals surface area contributed by atoms with Crippen LogP contribution >= 0.6 is 11.6 Å². The zero-order valence-electron chi connectivity index (χ0n) is 14.2. The van der Waals surface area contributed by atoms with Crippen LogP contribution in [0.3, 0.4) is 0 Å². The molecule has 0 heterocycles. The number of carbonyl (C=O) groups is 2. The van der Waals surface area contributed by atoms with Crippen molar-refractivity contribution in [3.8, 4) is 0 Å². The molecule has 1 N–H and O–H groups in total. The number of amides is 2. The smallest absolute Gasteiger partial charge is 0.240 e. The quantitative estimate of drug-likeness (QED) is 0.855. The van der Waals surface area contributed by atoms with Gasteiger partial charge in [-0.15, -0.1) is 0 Å². The molecule has 132 valence electrons. The molecule has 0 unspecified atom stereocenters. The summed E-state index contributed by atoms with van der Waals surface area (Å²) in [5.74, 6) is -0.769. The summed E-state index contributed by atoms with van der Waals surface area (Å²) >= 11 is 5.94. The second-order valence-electron chi connectivity index (χ2n) is 5.76. The summed E-state index contributed by atoms with van der Waals surface area (Å²) in [4.78, 5) is 25.5. The molecule has 0 aliphatic rings. The molecule has 0 aliphatic carbocycles. The fraction of sp³-hybridized carbons (Fsp3) is 0.263. The van der Waals surface area contributed by atoms with E-state index in [1.165, 1.54) is 24.0 Å². The Morgan fingerprint density at radius 2 is 1.84 bits per heavy atom. The lowest BCUT2D eigenvalue weighted by atomic mass is 10.1. The van der Waals surface area contributed by atoms with Crippen LogP contribution in [0.5, 0.6) is 0 Å². The monoisotopic (exact) mass is 362 g/mol. The van der Waals surface area contributed by atoms with Crippen LogP contribution in [0.4, 0.5) is 10.1 Å². The second-order valence-corrected chi connectivity index (χ2v) is 6.20. The predicted molar refractivity (Wildman–Crippen MR) is 97.3 cm³/mol. The third-order valence-corrected chi connectivity index (χ3v) is 4.02. The Morgan fingerprint density at radius 3 is 2.44 bits per heavy atom. The Bertz CT molecular complexity index is 763. The highest BCUT2D eigenvalue weighted by Crippen LogP contribution is 2.23. The fourth-order valence-electron chi connectivity index (χ4n) is 2.48. The zero-order chi connectivity index (χ0) is 18.4. The summed E-state index contributed by atoms with van der Waals surface area (Å²) in [5, 5.41) is 3.36. The molecule has 2 aromatic carbocycles. The van der Waals surface area contributed by atoms with Crippen molar-refractivity contribution in [1.82, 2.24) is 5.32 Å². The van der Waals surface area contributed by atoms with Crippen molar-refractivity contribution in [3.63, 3.8) is 0 Å². The van der Waals surface area contributed by atoms with E-state index in [0.717, 1.165) is 11.1 Å². The lowest BCUT2D eigenvalue weighted by molar-refractivity contribution is -0.123. The first-order valence-electron chi connectivity index (χ1n) is 7.92. The van der Waals surface area contributed by atoms with E-state index in [1.54, 1.807) is 30.3 Å². The van der Waals surface area contributed by atoms with E-state index in [4.69, 9.17) is 11.6 Å². The maximum absolute atomic E-state index is 12.9. The highest BCUT2D eigenvalue weighted by molar-refractivity contribution is 6.30. The molecule has 0 spiro atoms. The van der Waals surface area contributed by atoms with E-state index in [0.29, 0.717) is 23.7 Å². The standard InChI is InChI=1S/C19H20ClFN2O2/c1-13-11-16(20)5-8-18(13)23(14(2)24)12-19(25)22-10-9-15-3-6-17(21)7-4-15/h3-8,11H,9-10,12H2,1-2H3,(H,22,25). The van der Waals surface area contributed by atoms with Crippen LogP contribution in [0.15, 0.2) is 42.5 Å². The molecule has 0 aliphatic heterocycles. The number of aryl methyl sites for hydroxylation is 1. The fourth-order valence-corrected chi connectivity index (χ4v) is 2.71. The van der Waals surface area contributed by atoms with Gasteiger partial charge in [-0.05, 0) is 54.8 Å². The zero-order valence-corrected chi connectivity index (χ0v) is 14.9. The molecule has 0 bridgehead atoms. The minimum absolute atomic E-state index is 0.0682. The summed E-state index contributed by atoms with van der Waals surface area (Å²) in [6, 6.07) is 11.3. The van der Waals surface area contributed by atoms with Crippen molar-refractivity contribution in [1.29, 1.82) is 0 Å². The van der Waals surface area contributed by atoms with Crippen molar-refractivity contribution in [2.24, 2.45) is 0 Å². The van der Waals surface area contributed by atoms with Gasteiger partial charge in [0, 0.05) is 24.2 Å². The maximum atomic E-state index is 12.9. The van der Waals surface area contributed by atoms with Crippen LogP contribution in [0.1, 0.15) is 18.1 Å². The van der Waals surface area contributed by atoms with Crippen LogP contribution in [0.2, 0.25) is 5.02 Å². The van der Waals surface area contributed by atoms with Crippen molar-refractivity contribution in [2.45, 2.75) is 20.3 Å². The average Bonchev–Trinajstić information content (AvgIpc) is 2.55. The van der Waals surface area contributed by atoms with Gasteiger partial charge in [0.1, 0.15) is 12.4 Å². The lowest BCUT2D eigenvalue weighted by Crippen LogP contribution is -2.40. The van der Waals surface area contributed by atoms with E-state index in [2.05, 4.69) is 5.32 Å². The number of nitrogens with one attached hydrogen (secondary N) is 1. The van der Waals surface area contributed by atoms with Crippen LogP contribution in [-0.2, 0) is 16.0 Å². The van der Waals surface area contributed by atoms with E-state index >= 15 is 0 Å². The Labute approximate surface area is 151 Å². The first-order chi connectivity index (χ1) is 11.9. The van der Waals surface area contributed by atoms with Gasteiger partial charge in [-0.2, -0.15) is 0 Å². The Kier molecular flexibility index (Phi) is 6.53. The summed E-state index contributed by atoms with van der Waals surface area (Å²) in [7, 11) is 0. The third-order valence-electron chi connectivity index (χ3n) is 3.78. The first kappa shape index (κ1) is 18.9. The van der Waals surface area contributed by atoms with Crippen molar-refractivity contribution < 1.29 is 14.0 Å². The average molecular weight is 363 g/mol. The lowest BCUT2D eigenvalue weighted by Gasteiger charge is -2.22. The Hall–Kier alpha value is -2.40. The Morgan fingerprint density at radius 1 is 1.16 bits per heavy atom. The van der Waals surface area contributed by atoms with Crippen LogP contribution in [0.25, 0.3) is 0 Å². The molecule has 2 rings (SSSR count). The number of benzene rings is 2. The number of rotatable bonds is 6. The van der Waals surface area contributed by atoms with Gasteiger partial charge < -0.3 is 10.2 Å². The summed E-state index contributed by atoms with van der Waals surface area (Å²) in [6.07, 6.45) is 0.589. The molecule has 0 radical (unpaired) electrons. The first-order valence-corrected chi connectivity index (χ1v) is 8.30. The van der Waals surface area contributed by atoms with E-state index in [1.807, 2.05) is 6.92 Å². The predicted octanol–water partition coefficient (Wildman–Crippen LogP) is 3.50. The number of anilines is 1. The molecule has 6 heteroatoms. The number of hydrogen-bond acceptors (Lipinski definition) is 2. The van der Waals surface area contributed by atoms with Gasteiger partial charge in [0.15, 0.2) is 0 Å². The van der Waals surface area contributed by atoms with Crippen LogP contribution < -0.4 is 10.2 Å². The summed E-state index contributed by atoms with van der Waals surface area (Å²) in [5.41, 5.74) is 2.41. The van der Waals surface area contributed by atoms with Gasteiger partial charge in [-0.1, -0.05) is 23.7 Å². The van der Waals surface area contributed by atoms with Crippen molar-refractivity contribution in [2.75, 3.05) is 18.0 Å². The van der Waals surface area contributed by atoms with Gasteiger partial charge in [0.2, 0.25) is 11.8 Å². The third kappa shape index (κ3) is 5.57. The minimum atomic E-state index is -0.289. The summed E-state index contributed by atoms with van der Waals surface area (Å²) in [6.45, 7) is 3.60. The van der Waals surface area contributed by atoms with Gasteiger partial charge in [-0.3, -0.25) is 9.59 Å². The highest BCUT2D eigenvalue weighted by atomic mass is 35.5. The number of nitrogens with zero attached hydrogens (tertiary/aromatic N) is 1. The van der Waals surface area contributed by atoms with Crippen LogP contribution in [-0.4, -0.2) is 24.9 Å². The number of hydrogen-bond donors (Lipinski definition) is 1. The second kappa shape index (κ2) is 8.62. The summed E-state index contributed by atoms with van der Waals surface area (Å²) < 4.78 is 12.9. The van der Waals surface area contributed by atoms with Gasteiger partial charge in [0.25, 0.3) is 0 Å². The minimum Gasteiger partial charge on any atom is -0.354 e. The number of carbonyl (C=O) groups excluding carboxylic acids is 2. The molecule has 4 nitrogen and oxygen atoms in total. The van der Waals surface area contributed by atoms with E-state index in [9.17, 15) is 14.0 Å². The molecular formula is C19H20ClFN2O2. The van der Waals surface area contributed by atoms with Gasteiger partial charge in [0.05, 0.1) is 0 Å². The SMILES string of the molecule is CC(=O)N(CC(=O)NCCc1ccc(F)cc1)c1ccc(Cl)cc1C. The van der Waals surface area contributed by atoms with Crippen molar-refractivity contribution in [3.05, 3.63) is 64.4 Å². The molecular weight excluding hydrogens is 343 g/mol. The van der Waals surface area contributed by atoms with Crippen LogP contribution in [0, 0.1) is 12.7 Å². The molecule has 0 atom stereocenters. The van der Waals surface area contributed by atoms with E-state index < -0.39 is 0 Å². The molecule has 0 fully saturated rings. The van der Waals surface area contributed by atoms with Gasteiger partial charge >= 0.3 is 0 Å². The molecule has 0 saturated carbocycles. The molecule has 0 saturated heterocycles. The normalized spacial score (nSPS) is 10.4. The highest BCUT2D eigenvalue weighted by Gasteiger charge is 2.17. The topological polar surface area (TPSA) is 49.4 Å². The molecule has 2 amide bonds. The number of halogens is 2. The molecule has 2 aromatic rings. The largest absolute Gasteiger partial charge is 0.354 e. The Balaban J connectivity index is 1.94.